The number of aromatic nitrogens is 2. The van der Waals surface area contributed by atoms with Gasteiger partial charge in [-0.2, -0.15) is 4.31 Å². The van der Waals surface area contributed by atoms with E-state index in [4.69, 9.17) is 0 Å². The van der Waals surface area contributed by atoms with Crippen LogP contribution in [0.2, 0.25) is 0 Å². The number of Topliss-reactive ketones (excluding diaryl/α,β-unsaturated/α-hetero) is 1. The Morgan fingerprint density at radius 3 is 2.49 bits per heavy atom. The molecule has 1 aliphatic rings. The highest BCUT2D eigenvalue weighted by Crippen LogP contribution is 2.28. The summed E-state index contributed by atoms with van der Waals surface area (Å²) in [5, 5.41) is 20.1. The Morgan fingerprint density at radius 2 is 1.73 bits per heavy atom. The molecule has 1 aliphatic heterocycles. The van der Waals surface area contributed by atoms with Crippen LogP contribution in [-0.4, -0.2) is 57.1 Å². The zero-order valence-electron chi connectivity index (χ0n) is 19.6. The van der Waals surface area contributed by atoms with Gasteiger partial charge in [0.2, 0.25) is 10.0 Å². The van der Waals surface area contributed by atoms with Crippen molar-refractivity contribution in [2.45, 2.75) is 22.9 Å². The largest absolute Gasteiger partial charge is 0.508 e. The maximum absolute atomic E-state index is 13.6. The van der Waals surface area contributed by atoms with Crippen molar-refractivity contribution in [1.29, 1.82) is 0 Å². The van der Waals surface area contributed by atoms with E-state index in [1.807, 2.05) is 0 Å². The number of para-hydroxylation sites is 1. The number of phenolic OH excluding ortho intramolecular Hbond substituents is 2. The van der Waals surface area contributed by atoms with Crippen molar-refractivity contribution < 1.29 is 23.4 Å². The topological polar surface area (TPSA) is 130 Å². The number of rotatable bonds is 7. The summed E-state index contributed by atoms with van der Waals surface area (Å²) >= 11 is 0.994. The van der Waals surface area contributed by atoms with Crippen LogP contribution in [-0.2, 0) is 10.0 Å². The molecule has 0 unspecified atom stereocenters. The van der Waals surface area contributed by atoms with Gasteiger partial charge >= 0.3 is 0 Å². The van der Waals surface area contributed by atoms with Crippen LogP contribution in [0.4, 0.5) is 0 Å². The number of fused-ring (bicyclic) bond motifs is 1. The molecule has 190 valence electrons. The smallest absolute Gasteiger partial charge is 0.266 e. The fourth-order valence-corrected chi connectivity index (χ4v) is 6.71. The van der Waals surface area contributed by atoms with Crippen molar-refractivity contribution in [3.05, 3.63) is 82.6 Å². The molecule has 1 aromatic heterocycles. The van der Waals surface area contributed by atoms with Gasteiger partial charge in [-0.05, 0) is 55.3 Å². The molecule has 0 aliphatic carbocycles. The van der Waals surface area contributed by atoms with Crippen LogP contribution in [0.1, 0.15) is 23.2 Å². The molecule has 0 radical (unpaired) electrons. The molecule has 0 spiro atoms. The summed E-state index contributed by atoms with van der Waals surface area (Å²) in [5.41, 5.74) is 0.375. The molecular weight excluding hydrogens is 514 g/mol. The average molecular weight is 538 g/mol. The number of carbonyl (C=O) groups excluding carboxylic acids is 1. The molecule has 3 aromatic carbocycles. The maximum atomic E-state index is 13.6. The number of ketones is 1. The van der Waals surface area contributed by atoms with E-state index in [1.54, 1.807) is 36.4 Å². The molecule has 4 aromatic rings. The number of benzene rings is 3. The number of hydrogen-bond acceptors (Lipinski definition) is 8. The summed E-state index contributed by atoms with van der Waals surface area (Å²) in [5.74, 6) is -1.11. The number of nitrogens with zero attached hydrogens (tertiary/aromatic N) is 3. The summed E-state index contributed by atoms with van der Waals surface area (Å²) in [4.78, 5) is 31.1. The first-order valence-electron chi connectivity index (χ1n) is 11.6. The maximum Gasteiger partial charge on any atom is 0.266 e. The van der Waals surface area contributed by atoms with Crippen LogP contribution in [0.5, 0.6) is 11.5 Å². The van der Waals surface area contributed by atoms with E-state index in [0.29, 0.717) is 29.7 Å². The highest BCUT2D eigenvalue weighted by atomic mass is 32.2. The van der Waals surface area contributed by atoms with Gasteiger partial charge in [0.1, 0.15) is 11.5 Å². The lowest BCUT2D eigenvalue weighted by Crippen LogP contribution is -2.28. The fraction of sp³-hybridized carbons (Fsp3) is 0.192. The minimum absolute atomic E-state index is 0.0266. The molecule has 0 atom stereocenters. The fourth-order valence-electron chi connectivity index (χ4n) is 4.26. The van der Waals surface area contributed by atoms with Crippen LogP contribution in [0, 0.1) is 0 Å². The zero-order valence-corrected chi connectivity index (χ0v) is 21.2. The first kappa shape index (κ1) is 25.0. The molecule has 5 rings (SSSR count). The molecule has 1 saturated heterocycles. The standard InChI is InChI=1S/C26H23N3O6S2/c30-18-10-11-21(23(31)15-18)24(32)16-36-26-27-22-9-2-1-8-20(22)25(33)29(26)17-6-5-7-19(14-17)37(34,35)28-12-3-4-13-28/h1-2,5-11,14-15,30-31H,3-4,12-13,16H2. The number of thioether (sulfide) groups is 1. The Morgan fingerprint density at radius 1 is 0.973 bits per heavy atom. The number of aromatic hydroxyl groups is 2. The van der Waals surface area contributed by atoms with Crippen LogP contribution in [0.15, 0.2) is 81.6 Å². The van der Waals surface area contributed by atoms with Crippen molar-refractivity contribution in [3.8, 4) is 17.2 Å². The van der Waals surface area contributed by atoms with Crippen molar-refractivity contribution >= 4 is 38.5 Å². The molecule has 11 heteroatoms. The lowest BCUT2D eigenvalue weighted by Gasteiger charge is -2.17. The Bertz CT molecular complexity index is 1680. The third-order valence-electron chi connectivity index (χ3n) is 6.14. The van der Waals surface area contributed by atoms with Gasteiger partial charge in [-0.1, -0.05) is 30.0 Å². The number of phenols is 2. The quantitative estimate of drug-likeness (QED) is 0.208. The Labute approximate surface area is 217 Å². The van der Waals surface area contributed by atoms with Gasteiger partial charge < -0.3 is 10.2 Å². The van der Waals surface area contributed by atoms with Crippen molar-refractivity contribution in [2.75, 3.05) is 18.8 Å². The highest BCUT2D eigenvalue weighted by Gasteiger charge is 2.28. The predicted molar refractivity (Wildman–Crippen MR) is 140 cm³/mol. The van der Waals surface area contributed by atoms with E-state index in [1.165, 1.54) is 33.1 Å². The molecule has 37 heavy (non-hydrogen) atoms. The van der Waals surface area contributed by atoms with E-state index in [2.05, 4.69) is 4.98 Å². The molecule has 9 nitrogen and oxygen atoms in total. The molecule has 0 bridgehead atoms. The van der Waals surface area contributed by atoms with E-state index >= 15 is 0 Å². The van der Waals surface area contributed by atoms with Crippen LogP contribution >= 0.6 is 11.8 Å². The predicted octanol–water partition coefficient (Wildman–Crippen LogP) is 3.56. The number of carbonyl (C=O) groups is 1. The zero-order chi connectivity index (χ0) is 26.2. The van der Waals surface area contributed by atoms with Crippen LogP contribution in [0.25, 0.3) is 16.6 Å². The van der Waals surface area contributed by atoms with E-state index in [9.17, 15) is 28.2 Å². The second kappa shape index (κ2) is 10.0. The van der Waals surface area contributed by atoms with Gasteiger partial charge in [0.05, 0.1) is 32.8 Å². The molecule has 2 heterocycles. The SMILES string of the molecule is O=C(CSc1nc2ccccc2c(=O)n1-c1cccc(S(=O)(=O)N2CCCC2)c1)c1ccc(O)cc1O. The monoisotopic (exact) mass is 537 g/mol. The van der Waals surface area contributed by atoms with Crippen molar-refractivity contribution in [3.63, 3.8) is 0 Å². The summed E-state index contributed by atoms with van der Waals surface area (Å²) < 4.78 is 29.1. The molecule has 0 saturated carbocycles. The van der Waals surface area contributed by atoms with Crippen molar-refractivity contribution in [2.24, 2.45) is 0 Å². The second-order valence-electron chi connectivity index (χ2n) is 8.57. The van der Waals surface area contributed by atoms with E-state index in [0.717, 1.165) is 30.7 Å². The molecular formula is C26H23N3O6S2. The highest BCUT2D eigenvalue weighted by molar-refractivity contribution is 7.99. The molecule has 1 fully saturated rings. The van der Waals surface area contributed by atoms with Gasteiger partial charge in [0, 0.05) is 19.2 Å². The summed E-state index contributed by atoms with van der Waals surface area (Å²) in [6.07, 6.45) is 1.61. The Balaban J connectivity index is 1.57. The summed E-state index contributed by atoms with van der Waals surface area (Å²) in [7, 11) is -3.72. The van der Waals surface area contributed by atoms with Crippen molar-refractivity contribution in [1.82, 2.24) is 13.9 Å². The van der Waals surface area contributed by atoms with E-state index < -0.39 is 21.4 Å². The first-order chi connectivity index (χ1) is 17.8. The summed E-state index contributed by atoms with van der Waals surface area (Å²) in [6.45, 7) is 0.911. The van der Waals surface area contributed by atoms with Gasteiger partial charge in [-0.15, -0.1) is 0 Å². The lowest BCUT2D eigenvalue weighted by atomic mass is 10.1. The van der Waals surface area contributed by atoms with Gasteiger partial charge in [-0.25, -0.2) is 13.4 Å². The first-order valence-corrected chi connectivity index (χ1v) is 14.0. The molecule has 0 amide bonds. The van der Waals surface area contributed by atoms with E-state index in [-0.39, 0.29) is 32.9 Å². The minimum atomic E-state index is -3.72. The molecule has 2 N–H and O–H groups in total. The normalized spacial score (nSPS) is 14.3. The van der Waals surface area contributed by atoms with Crippen LogP contribution in [0.3, 0.4) is 0 Å². The Hall–Kier alpha value is -3.67. The lowest BCUT2D eigenvalue weighted by molar-refractivity contribution is 0.102. The van der Waals surface area contributed by atoms with Gasteiger partial charge in [-0.3, -0.25) is 14.2 Å². The third-order valence-corrected chi connectivity index (χ3v) is 8.97. The minimum Gasteiger partial charge on any atom is -0.508 e. The van der Waals surface area contributed by atoms with Gasteiger partial charge in [0.15, 0.2) is 10.9 Å². The Kier molecular flexibility index (Phi) is 6.76. The summed E-state index contributed by atoms with van der Waals surface area (Å²) in [6, 6.07) is 16.6. The number of hydrogen-bond donors (Lipinski definition) is 2. The van der Waals surface area contributed by atoms with Crippen LogP contribution < -0.4 is 5.56 Å². The third kappa shape index (κ3) is 4.85. The average Bonchev–Trinajstić information content (AvgIpc) is 3.44. The van der Waals surface area contributed by atoms with Gasteiger partial charge in [0.25, 0.3) is 5.56 Å². The second-order valence-corrected chi connectivity index (χ2v) is 11.5. The number of sulfonamides is 1.